The van der Waals surface area contributed by atoms with Crippen molar-refractivity contribution < 1.29 is 8.78 Å². The van der Waals surface area contributed by atoms with Crippen molar-refractivity contribution in [3.05, 3.63) is 59.7 Å². The second-order valence-corrected chi connectivity index (χ2v) is 8.03. The summed E-state index contributed by atoms with van der Waals surface area (Å²) < 4.78 is 24.7. The van der Waals surface area contributed by atoms with Gasteiger partial charge in [-0.15, -0.1) is 0 Å². The number of anilines is 1. The van der Waals surface area contributed by atoms with Crippen molar-refractivity contribution in [1.29, 1.82) is 0 Å². The highest BCUT2D eigenvalue weighted by molar-refractivity contribution is 7.99. The number of rotatable bonds is 7. The highest BCUT2D eigenvalue weighted by atomic mass is 32.2. The van der Waals surface area contributed by atoms with E-state index in [9.17, 15) is 8.78 Å². The number of halogens is 2. The van der Waals surface area contributed by atoms with Crippen LogP contribution in [-0.2, 0) is 6.42 Å². The Kier molecular flexibility index (Phi) is 7.85. The topological polar surface area (TPSA) is 24.1 Å². The average molecular weight is 395 g/mol. The van der Waals surface area contributed by atoms with Gasteiger partial charge in [0, 0.05) is 10.6 Å². The Balaban J connectivity index is 1.88. The Hall–Kier alpha value is -1.66. The van der Waals surface area contributed by atoms with E-state index in [1.807, 2.05) is 6.92 Å². The van der Waals surface area contributed by atoms with Gasteiger partial charge in [-0.25, -0.2) is 0 Å². The summed E-state index contributed by atoms with van der Waals surface area (Å²) in [4.78, 5) is 0.527. The molecule has 0 unspecified atom stereocenters. The van der Waals surface area contributed by atoms with Crippen molar-refractivity contribution in [2.75, 3.05) is 5.32 Å². The van der Waals surface area contributed by atoms with Crippen molar-refractivity contribution in [2.24, 2.45) is 5.92 Å². The van der Waals surface area contributed by atoms with Crippen molar-refractivity contribution >= 4 is 34.8 Å². The molecule has 0 amide bonds. The van der Waals surface area contributed by atoms with Crippen LogP contribution in [0.5, 0.6) is 0 Å². The zero-order valence-corrected chi connectivity index (χ0v) is 16.8. The minimum Gasteiger partial charge on any atom is -0.356 e. The number of thiocarbonyl (C=S) groups is 1. The minimum absolute atomic E-state index is 0.0664. The van der Waals surface area contributed by atoms with Gasteiger partial charge in [0.25, 0.3) is 5.76 Å². The molecule has 0 aliphatic carbocycles. The highest BCUT2D eigenvalue weighted by Gasteiger charge is 2.09. The maximum atomic E-state index is 12.3. The van der Waals surface area contributed by atoms with Crippen LogP contribution in [0.25, 0.3) is 0 Å². The predicted octanol–water partition coefficient (Wildman–Crippen LogP) is 6.25. The number of hydrogen-bond acceptors (Lipinski definition) is 2. The minimum atomic E-state index is -2.41. The molecular weight excluding hydrogens is 370 g/mol. The molecule has 0 aliphatic rings. The van der Waals surface area contributed by atoms with E-state index < -0.39 is 5.76 Å². The molecule has 0 aliphatic heterocycles. The quantitative estimate of drug-likeness (QED) is 0.428. The summed E-state index contributed by atoms with van der Waals surface area (Å²) in [5, 5.41) is 6.83. The molecule has 0 saturated heterocycles. The van der Waals surface area contributed by atoms with Crippen LogP contribution in [0.2, 0.25) is 0 Å². The smallest absolute Gasteiger partial charge is 0.288 e. The zero-order valence-electron chi connectivity index (χ0n) is 15.1. The third-order valence-electron chi connectivity index (χ3n) is 3.81. The first-order valence-corrected chi connectivity index (χ1v) is 9.83. The molecular formula is C20H24F2N2S2. The van der Waals surface area contributed by atoms with Crippen LogP contribution in [-0.4, -0.2) is 10.9 Å². The van der Waals surface area contributed by atoms with Crippen LogP contribution in [0.3, 0.4) is 0 Å². The largest absolute Gasteiger partial charge is 0.356 e. The van der Waals surface area contributed by atoms with Crippen molar-refractivity contribution in [2.45, 2.75) is 43.9 Å². The molecule has 2 aromatic carbocycles. The van der Waals surface area contributed by atoms with Crippen molar-refractivity contribution in [3.8, 4) is 0 Å². The first-order chi connectivity index (χ1) is 12.3. The van der Waals surface area contributed by atoms with Crippen LogP contribution in [0.4, 0.5) is 14.5 Å². The van der Waals surface area contributed by atoms with Crippen molar-refractivity contribution in [3.63, 3.8) is 0 Å². The van der Waals surface area contributed by atoms with E-state index in [4.69, 9.17) is 12.2 Å². The Morgan fingerprint density at radius 2 is 1.62 bits per heavy atom. The maximum Gasteiger partial charge on any atom is 0.288 e. The first-order valence-electron chi connectivity index (χ1n) is 8.54. The fraction of sp³-hybridized carbons (Fsp3) is 0.350. The second-order valence-electron chi connectivity index (χ2n) is 6.56. The first kappa shape index (κ1) is 20.6. The molecule has 0 bridgehead atoms. The number of hydrogen-bond donors (Lipinski definition) is 2. The zero-order chi connectivity index (χ0) is 19.1. The second kappa shape index (κ2) is 9.88. The van der Waals surface area contributed by atoms with Crippen LogP contribution in [0.1, 0.15) is 37.9 Å². The summed E-state index contributed by atoms with van der Waals surface area (Å²) in [6, 6.07) is 15.4. The lowest BCUT2D eigenvalue weighted by Crippen LogP contribution is -2.30. The lowest BCUT2D eigenvalue weighted by atomic mass is 10.00. The van der Waals surface area contributed by atoms with Gasteiger partial charge in [-0.2, -0.15) is 8.78 Å². The fourth-order valence-corrected chi connectivity index (χ4v) is 3.37. The van der Waals surface area contributed by atoms with E-state index in [1.165, 1.54) is 5.56 Å². The highest BCUT2D eigenvalue weighted by Crippen LogP contribution is 2.26. The number of benzene rings is 2. The van der Waals surface area contributed by atoms with Gasteiger partial charge in [0.2, 0.25) is 0 Å². The summed E-state index contributed by atoms with van der Waals surface area (Å²) in [7, 11) is 0. The van der Waals surface area contributed by atoms with Gasteiger partial charge >= 0.3 is 0 Å². The molecule has 0 heterocycles. The number of alkyl halides is 2. The number of nitrogens with one attached hydrogen (secondary N) is 2. The van der Waals surface area contributed by atoms with Gasteiger partial charge in [0.15, 0.2) is 5.11 Å². The van der Waals surface area contributed by atoms with Gasteiger partial charge in [0.1, 0.15) is 0 Å². The van der Waals surface area contributed by atoms with E-state index in [0.717, 1.165) is 17.7 Å². The Morgan fingerprint density at radius 3 is 2.15 bits per heavy atom. The molecule has 2 aromatic rings. The normalized spacial score (nSPS) is 12.3. The molecule has 0 aromatic heterocycles. The van der Waals surface area contributed by atoms with Gasteiger partial charge < -0.3 is 10.6 Å². The Morgan fingerprint density at radius 1 is 1.00 bits per heavy atom. The van der Waals surface area contributed by atoms with Crippen molar-refractivity contribution in [1.82, 2.24) is 5.32 Å². The third kappa shape index (κ3) is 6.92. The van der Waals surface area contributed by atoms with Crippen LogP contribution in [0.15, 0.2) is 53.4 Å². The summed E-state index contributed by atoms with van der Waals surface area (Å²) in [5.74, 6) is -1.78. The standard InChI is InChI=1S/C20H24F2N2S2/c1-13(2)12-15-4-6-16(7-5-15)14(3)23-20(25)24-17-8-10-18(11-9-17)26-19(21)22/h4-11,13-14,19H,12H2,1-3H3,(H2,23,24,25)/t14-/m1/s1. The van der Waals surface area contributed by atoms with E-state index in [2.05, 4.69) is 48.7 Å². The summed E-state index contributed by atoms with van der Waals surface area (Å²) >= 11 is 5.88. The molecule has 2 nitrogen and oxygen atoms in total. The molecule has 2 N–H and O–H groups in total. The summed E-state index contributed by atoms with van der Waals surface area (Å²) in [6.07, 6.45) is 1.07. The SMILES string of the molecule is CC(C)Cc1ccc([C@@H](C)NC(=S)Nc2ccc(SC(F)F)cc2)cc1. The number of thioether (sulfide) groups is 1. The Bertz CT molecular complexity index is 701. The van der Waals surface area contributed by atoms with Gasteiger partial charge in [-0.1, -0.05) is 49.9 Å². The van der Waals surface area contributed by atoms with Crippen LogP contribution < -0.4 is 10.6 Å². The molecule has 6 heteroatoms. The fourth-order valence-electron chi connectivity index (χ4n) is 2.58. The molecule has 0 saturated carbocycles. The molecule has 1 atom stereocenters. The Labute approximate surface area is 163 Å². The molecule has 0 spiro atoms. The lowest BCUT2D eigenvalue weighted by Gasteiger charge is -2.18. The molecule has 0 radical (unpaired) electrons. The van der Waals surface area contributed by atoms with E-state index >= 15 is 0 Å². The molecule has 0 fully saturated rings. The van der Waals surface area contributed by atoms with Crippen LogP contribution in [0, 0.1) is 5.92 Å². The molecule has 2 rings (SSSR count). The third-order valence-corrected chi connectivity index (χ3v) is 4.75. The van der Waals surface area contributed by atoms with E-state index in [0.29, 0.717) is 27.7 Å². The van der Waals surface area contributed by atoms with Gasteiger partial charge in [-0.3, -0.25) is 0 Å². The molecule has 26 heavy (non-hydrogen) atoms. The monoisotopic (exact) mass is 394 g/mol. The van der Waals surface area contributed by atoms with Crippen LogP contribution >= 0.6 is 24.0 Å². The lowest BCUT2D eigenvalue weighted by molar-refractivity contribution is 0.252. The predicted molar refractivity (Wildman–Crippen MR) is 111 cm³/mol. The van der Waals surface area contributed by atoms with Gasteiger partial charge in [-0.05, 0) is 66.9 Å². The van der Waals surface area contributed by atoms with E-state index in [-0.39, 0.29) is 6.04 Å². The van der Waals surface area contributed by atoms with Gasteiger partial charge in [0.05, 0.1) is 6.04 Å². The summed E-state index contributed by atoms with van der Waals surface area (Å²) in [5.41, 5.74) is 3.25. The maximum absolute atomic E-state index is 12.3. The average Bonchev–Trinajstić information content (AvgIpc) is 2.56. The molecule has 140 valence electrons. The summed E-state index contributed by atoms with van der Waals surface area (Å²) in [6.45, 7) is 6.47. The van der Waals surface area contributed by atoms with E-state index in [1.54, 1.807) is 24.3 Å².